The number of para-hydroxylation sites is 1. The summed E-state index contributed by atoms with van der Waals surface area (Å²) in [5, 5.41) is 1.83. The fourth-order valence-electron chi connectivity index (χ4n) is 2.56. The maximum absolute atomic E-state index is 12.5. The van der Waals surface area contributed by atoms with Gasteiger partial charge in [-0.1, -0.05) is 18.2 Å². The second kappa shape index (κ2) is 7.52. The number of nitrogens with one attached hydrogen (secondary N) is 2. The van der Waals surface area contributed by atoms with E-state index in [9.17, 15) is 31.2 Å². The number of carbonyl (C=O) groups excluding carboxylic acids is 2. The molecule has 144 valence electrons. The second-order valence-electron chi connectivity index (χ2n) is 5.86. The average molecular weight is 393 g/mol. The summed E-state index contributed by atoms with van der Waals surface area (Å²) in [5.74, 6) is -2.54. The summed E-state index contributed by atoms with van der Waals surface area (Å²) in [6, 6.07) is 5.37. The maximum atomic E-state index is 12.5. The van der Waals surface area contributed by atoms with Crippen molar-refractivity contribution in [1.29, 1.82) is 0 Å². The largest absolute Gasteiger partial charge is 0.397 e. The zero-order valence-corrected chi connectivity index (χ0v) is 14.7. The highest BCUT2D eigenvalue weighted by Crippen LogP contribution is 2.28. The third-order valence-corrected chi connectivity index (χ3v) is 5.14. The first-order valence-electron chi connectivity index (χ1n) is 7.78. The van der Waals surface area contributed by atoms with Crippen LogP contribution in [0.3, 0.4) is 0 Å². The number of carbonyl (C=O) groups is 2. The highest BCUT2D eigenvalue weighted by molar-refractivity contribution is 7.91. The third kappa shape index (κ3) is 5.10. The quantitative estimate of drug-likeness (QED) is 0.787. The monoisotopic (exact) mass is 393 g/mol. The molecule has 1 atom stereocenters. The van der Waals surface area contributed by atoms with Crippen molar-refractivity contribution in [2.75, 3.05) is 10.8 Å². The van der Waals surface area contributed by atoms with E-state index in [-0.39, 0.29) is 6.54 Å². The number of anilines is 1. The molecule has 2 rings (SSSR count). The fraction of sp³-hybridized carbons (Fsp3) is 0.467. The molecule has 0 spiro atoms. The van der Waals surface area contributed by atoms with Crippen molar-refractivity contribution in [3.63, 3.8) is 0 Å². The van der Waals surface area contributed by atoms with Crippen LogP contribution < -0.4 is 14.3 Å². The summed E-state index contributed by atoms with van der Waals surface area (Å²) in [7, 11) is -4.25. The molecule has 0 saturated heterocycles. The van der Waals surface area contributed by atoms with E-state index in [1.807, 2.05) is 5.32 Å². The number of halogens is 3. The van der Waals surface area contributed by atoms with Crippen LogP contribution in [0.1, 0.15) is 25.3 Å². The molecule has 11 heteroatoms. The van der Waals surface area contributed by atoms with E-state index in [1.54, 1.807) is 29.0 Å². The van der Waals surface area contributed by atoms with Gasteiger partial charge in [-0.05, 0) is 31.4 Å². The van der Waals surface area contributed by atoms with Crippen LogP contribution in [-0.2, 0) is 26.2 Å². The van der Waals surface area contributed by atoms with Crippen LogP contribution in [0.2, 0.25) is 0 Å². The molecule has 0 saturated carbocycles. The molecule has 1 heterocycles. The number of rotatable bonds is 5. The Kier molecular flexibility index (Phi) is 5.79. The number of amides is 2. The SMILES string of the molecule is CC(NC(=O)CC(F)(F)F)C(=O)NS(=O)(=O)N1CCCc2ccccc21. The molecule has 1 unspecified atom stereocenters. The lowest BCUT2D eigenvalue weighted by Crippen LogP contribution is -2.52. The molecular formula is C15H18F3N3O4S. The van der Waals surface area contributed by atoms with Gasteiger partial charge in [-0.25, -0.2) is 4.72 Å². The van der Waals surface area contributed by atoms with E-state index in [0.29, 0.717) is 18.5 Å². The Labute approximate surface area is 148 Å². The standard InChI is InChI=1S/C15H18F3N3O4S/c1-10(19-13(22)9-15(16,17)18)14(23)20-26(24,25)21-8-4-6-11-5-2-3-7-12(11)21/h2-3,5,7,10H,4,6,8-9H2,1H3,(H,19,22)(H,20,23). The van der Waals surface area contributed by atoms with Crippen LogP contribution in [0, 0.1) is 0 Å². The van der Waals surface area contributed by atoms with Crippen LogP contribution in [0.4, 0.5) is 18.9 Å². The Morgan fingerprint density at radius 3 is 2.58 bits per heavy atom. The molecule has 1 aliphatic heterocycles. The Bertz CT molecular complexity index is 796. The Morgan fingerprint density at radius 1 is 1.27 bits per heavy atom. The fourth-order valence-corrected chi connectivity index (χ4v) is 3.91. The molecule has 1 aromatic rings. The zero-order chi connectivity index (χ0) is 19.5. The van der Waals surface area contributed by atoms with Crippen LogP contribution in [0.25, 0.3) is 0 Å². The van der Waals surface area contributed by atoms with E-state index in [4.69, 9.17) is 0 Å². The predicted molar refractivity (Wildman–Crippen MR) is 87.4 cm³/mol. The first-order chi connectivity index (χ1) is 12.0. The Morgan fingerprint density at radius 2 is 1.92 bits per heavy atom. The van der Waals surface area contributed by atoms with Gasteiger partial charge in [0.2, 0.25) is 5.91 Å². The summed E-state index contributed by atoms with van der Waals surface area (Å²) in [4.78, 5) is 23.2. The molecule has 0 radical (unpaired) electrons. The van der Waals surface area contributed by atoms with Crippen molar-refractivity contribution in [2.45, 2.75) is 38.4 Å². The number of nitrogens with zero attached hydrogens (tertiary/aromatic N) is 1. The van der Waals surface area contributed by atoms with E-state index < -0.39 is 40.7 Å². The van der Waals surface area contributed by atoms with Gasteiger partial charge in [0.1, 0.15) is 12.5 Å². The average Bonchev–Trinajstić information content (AvgIpc) is 2.51. The molecule has 1 aromatic carbocycles. The van der Waals surface area contributed by atoms with Crippen LogP contribution >= 0.6 is 0 Å². The lowest BCUT2D eigenvalue weighted by molar-refractivity contribution is -0.155. The van der Waals surface area contributed by atoms with Crippen LogP contribution in [0.15, 0.2) is 24.3 Å². The van der Waals surface area contributed by atoms with Crippen LogP contribution in [-0.4, -0.2) is 39.0 Å². The van der Waals surface area contributed by atoms with Gasteiger partial charge in [-0.3, -0.25) is 13.9 Å². The van der Waals surface area contributed by atoms with Crippen molar-refractivity contribution in [3.05, 3.63) is 29.8 Å². The molecule has 0 bridgehead atoms. The molecule has 2 N–H and O–H groups in total. The van der Waals surface area contributed by atoms with Gasteiger partial charge in [0.15, 0.2) is 0 Å². The van der Waals surface area contributed by atoms with Gasteiger partial charge in [-0.2, -0.15) is 21.6 Å². The highest BCUT2D eigenvalue weighted by Gasteiger charge is 2.34. The summed E-state index contributed by atoms with van der Waals surface area (Å²) in [5.41, 5.74) is 1.25. The summed E-state index contributed by atoms with van der Waals surface area (Å²) in [6.45, 7) is 1.26. The van der Waals surface area contributed by atoms with Gasteiger partial charge in [-0.15, -0.1) is 0 Å². The molecular weight excluding hydrogens is 375 g/mol. The first kappa shape index (κ1) is 20.0. The minimum atomic E-state index is -4.72. The number of hydrogen-bond acceptors (Lipinski definition) is 4. The van der Waals surface area contributed by atoms with Gasteiger partial charge in [0.05, 0.1) is 5.69 Å². The van der Waals surface area contributed by atoms with Crippen molar-refractivity contribution >= 4 is 27.7 Å². The lowest BCUT2D eigenvalue weighted by atomic mass is 10.0. The molecule has 1 aliphatic rings. The van der Waals surface area contributed by atoms with Crippen molar-refractivity contribution in [1.82, 2.24) is 10.0 Å². The normalized spacial score (nSPS) is 15.8. The molecule has 0 fully saturated rings. The zero-order valence-electron chi connectivity index (χ0n) is 13.8. The molecule has 7 nitrogen and oxygen atoms in total. The Hall–Kier alpha value is -2.30. The van der Waals surface area contributed by atoms with E-state index in [1.165, 1.54) is 0 Å². The number of aryl methyl sites for hydroxylation is 1. The highest BCUT2D eigenvalue weighted by atomic mass is 32.2. The van der Waals surface area contributed by atoms with Gasteiger partial charge in [0.25, 0.3) is 5.91 Å². The smallest absolute Gasteiger partial charge is 0.344 e. The van der Waals surface area contributed by atoms with E-state index in [0.717, 1.165) is 16.8 Å². The van der Waals surface area contributed by atoms with Crippen molar-refractivity contribution < 1.29 is 31.2 Å². The molecule has 2 amide bonds. The molecule has 0 aliphatic carbocycles. The van der Waals surface area contributed by atoms with Crippen molar-refractivity contribution in [2.24, 2.45) is 0 Å². The summed E-state index contributed by atoms with van der Waals surface area (Å²) < 4.78 is 64.2. The van der Waals surface area contributed by atoms with Crippen LogP contribution in [0.5, 0.6) is 0 Å². The van der Waals surface area contributed by atoms with Crippen molar-refractivity contribution in [3.8, 4) is 0 Å². The van der Waals surface area contributed by atoms with Gasteiger partial charge >= 0.3 is 16.4 Å². The third-order valence-electron chi connectivity index (χ3n) is 3.72. The van der Waals surface area contributed by atoms with Gasteiger partial charge in [0, 0.05) is 6.54 Å². The number of hydrogen-bond donors (Lipinski definition) is 2. The minimum Gasteiger partial charge on any atom is -0.344 e. The van der Waals surface area contributed by atoms with E-state index in [2.05, 4.69) is 0 Å². The Balaban J connectivity index is 2.05. The maximum Gasteiger partial charge on any atom is 0.397 e. The van der Waals surface area contributed by atoms with Gasteiger partial charge < -0.3 is 5.32 Å². The summed E-state index contributed by atoms with van der Waals surface area (Å²) in [6.07, 6.45) is -5.22. The number of alkyl halides is 3. The molecule has 26 heavy (non-hydrogen) atoms. The molecule has 0 aromatic heterocycles. The topological polar surface area (TPSA) is 95.6 Å². The minimum absolute atomic E-state index is 0.161. The summed E-state index contributed by atoms with van der Waals surface area (Å²) >= 11 is 0. The predicted octanol–water partition coefficient (Wildman–Crippen LogP) is 1.26. The lowest BCUT2D eigenvalue weighted by Gasteiger charge is -2.30. The number of benzene rings is 1. The van der Waals surface area contributed by atoms with E-state index >= 15 is 0 Å². The number of fused-ring (bicyclic) bond motifs is 1. The second-order valence-corrected chi connectivity index (χ2v) is 7.45. The first-order valence-corrected chi connectivity index (χ1v) is 9.22.